The number of nitrogens with zero attached hydrogens (tertiary/aromatic N) is 3. The molecule has 0 spiro atoms. The first-order chi connectivity index (χ1) is 13.4. The number of urea groups is 1. The Bertz CT molecular complexity index is 788. The molecule has 0 saturated heterocycles. The fourth-order valence-electron chi connectivity index (χ4n) is 3.33. The fraction of sp³-hybridized carbons (Fsp3) is 0.524. The van der Waals surface area contributed by atoms with Gasteiger partial charge >= 0.3 is 6.03 Å². The lowest BCUT2D eigenvalue weighted by molar-refractivity contribution is 0.181. The quantitative estimate of drug-likeness (QED) is 0.714. The molecule has 0 aliphatic heterocycles. The number of carbonyl (C=O) groups excluding carboxylic acids is 1. The summed E-state index contributed by atoms with van der Waals surface area (Å²) in [6.45, 7) is 10.4. The summed E-state index contributed by atoms with van der Waals surface area (Å²) < 4.78 is 12.4. The molecule has 0 aliphatic rings. The minimum atomic E-state index is -0.0961. The molecule has 2 amide bonds. The van der Waals surface area contributed by atoms with Crippen LogP contribution in [0.1, 0.15) is 42.4 Å². The summed E-state index contributed by atoms with van der Waals surface area (Å²) >= 11 is 0. The van der Waals surface area contributed by atoms with Crippen molar-refractivity contribution in [2.24, 2.45) is 0 Å². The lowest BCUT2D eigenvalue weighted by Crippen LogP contribution is -2.41. The first-order valence-corrected chi connectivity index (χ1v) is 9.63. The van der Waals surface area contributed by atoms with E-state index >= 15 is 0 Å². The molecule has 1 heterocycles. The van der Waals surface area contributed by atoms with Gasteiger partial charge in [-0.25, -0.2) is 4.79 Å². The predicted molar refractivity (Wildman–Crippen MR) is 110 cm³/mol. The van der Waals surface area contributed by atoms with E-state index in [1.165, 1.54) is 0 Å². The van der Waals surface area contributed by atoms with E-state index in [0.717, 1.165) is 28.3 Å². The maximum atomic E-state index is 12.9. The summed E-state index contributed by atoms with van der Waals surface area (Å²) in [7, 11) is 3.32. The highest BCUT2D eigenvalue weighted by molar-refractivity contribution is 5.74. The Morgan fingerprint density at radius 2 is 2.07 bits per heavy atom. The topological polar surface area (TPSA) is 68.6 Å². The molecule has 2 rings (SSSR count). The molecule has 0 aliphatic carbocycles. The summed E-state index contributed by atoms with van der Waals surface area (Å²) in [5.74, 6) is 0.788. The number of ether oxygens (including phenoxy) is 2. The van der Waals surface area contributed by atoms with Crippen molar-refractivity contribution < 1.29 is 14.3 Å². The number of carbonyl (C=O) groups is 1. The summed E-state index contributed by atoms with van der Waals surface area (Å²) in [6.07, 6.45) is 0. The van der Waals surface area contributed by atoms with Crippen molar-refractivity contribution in [3.05, 3.63) is 46.8 Å². The van der Waals surface area contributed by atoms with Gasteiger partial charge in [-0.3, -0.25) is 4.68 Å². The second-order valence-electron chi connectivity index (χ2n) is 6.76. The smallest absolute Gasteiger partial charge is 0.318 e. The zero-order chi connectivity index (χ0) is 20.7. The van der Waals surface area contributed by atoms with Crippen molar-refractivity contribution in [3.63, 3.8) is 0 Å². The van der Waals surface area contributed by atoms with Gasteiger partial charge in [0, 0.05) is 31.5 Å². The number of methoxy groups -OCH3 is 2. The van der Waals surface area contributed by atoms with Crippen molar-refractivity contribution in [1.29, 1.82) is 0 Å². The lowest BCUT2D eigenvalue weighted by atomic mass is 10.1. The van der Waals surface area contributed by atoms with E-state index < -0.39 is 0 Å². The number of aromatic nitrogens is 2. The van der Waals surface area contributed by atoms with Crippen molar-refractivity contribution in [3.8, 4) is 5.75 Å². The van der Waals surface area contributed by atoms with Crippen molar-refractivity contribution >= 4 is 6.03 Å². The van der Waals surface area contributed by atoms with E-state index in [-0.39, 0.29) is 12.1 Å². The Balaban J connectivity index is 2.07. The Kier molecular flexibility index (Phi) is 7.87. The van der Waals surface area contributed by atoms with Gasteiger partial charge in [0.1, 0.15) is 5.75 Å². The molecule has 0 radical (unpaired) electrons. The SMILES string of the molecule is CCN(C(=O)NCc1c(C)nn(CCOC)c1C)C(C)c1cccc(OC)c1. The standard InChI is InChI=1S/C21H32N4O3/c1-7-24(16(3)18-9-8-10-19(13-18)28-6)21(26)22-14-20-15(2)23-25(17(20)4)11-12-27-5/h8-10,13,16H,7,11-12,14H2,1-6H3,(H,22,26). The number of aryl methyl sites for hydroxylation is 1. The highest BCUT2D eigenvalue weighted by Crippen LogP contribution is 2.24. The summed E-state index contributed by atoms with van der Waals surface area (Å²) in [5.41, 5.74) is 4.07. The highest BCUT2D eigenvalue weighted by atomic mass is 16.5. The molecular formula is C21H32N4O3. The molecular weight excluding hydrogens is 356 g/mol. The van der Waals surface area contributed by atoms with E-state index in [4.69, 9.17) is 9.47 Å². The normalized spacial score (nSPS) is 11.9. The third-order valence-electron chi connectivity index (χ3n) is 5.10. The van der Waals surface area contributed by atoms with E-state index in [0.29, 0.717) is 26.2 Å². The van der Waals surface area contributed by atoms with Gasteiger partial charge in [0.25, 0.3) is 0 Å². The molecule has 28 heavy (non-hydrogen) atoms. The monoisotopic (exact) mass is 388 g/mol. The number of hydrogen-bond donors (Lipinski definition) is 1. The molecule has 7 nitrogen and oxygen atoms in total. The largest absolute Gasteiger partial charge is 0.497 e. The van der Waals surface area contributed by atoms with Crippen LogP contribution in [0.3, 0.4) is 0 Å². The van der Waals surface area contributed by atoms with Crippen molar-refractivity contribution in [2.45, 2.75) is 46.8 Å². The minimum Gasteiger partial charge on any atom is -0.497 e. The van der Waals surface area contributed by atoms with Crippen molar-refractivity contribution in [2.75, 3.05) is 27.4 Å². The van der Waals surface area contributed by atoms with Crippen LogP contribution >= 0.6 is 0 Å². The highest BCUT2D eigenvalue weighted by Gasteiger charge is 2.21. The second-order valence-corrected chi connectivity index (χ2v) is 6.76. The molecule has 0 bridgehead atoms. The number of benzene rings is 1. The third kappa shape index (κ3) is 5.04. The predicted octanol–water partition coefficient (Wildman–Crippen LogP) is 3.45. The fourth-order valence-corrected chi connectivity index (χ4v) is 3.33. The first kappa shape index (κ1) is 21.8. The van der Waals surface area contributed by atoms with Gasteiger partial charge in [-0.15, -0.1) is 0 Å². The lowest BCUT2D eigenvalue weighted by Gasteiger charge is -2.29. The van der Waals surface area contributed by atoms with E-state index in [1.54, 1.807) is 14.2 Å². The minimum absolute atomic E-state index is 0.0632. The molecule has 1 atom stereocenters. The zero-order valence-corrected chi connectivity index (χ0v) is 17.8. The van der Waals surface area contributed by atoms with Crippen LogP contribution in [0.5, 0.6) is 5.75 Å². The zero-order valence-electron chi connectivity index (χ0n) is 17.8. The molecule has 1 aromatic heterocycles. The van der Waals surface area contributed by atoms with Gasteiger partial charge in [0.05, 0.1) is 32.0 Å². The van der Waals surface area contributed by atoms with Crippen LogP contribution in [0, 0.1) is 13.8 Å². The van der Waals surface area contributed by atoms with E-state index in [2.05, 4.69) is 10.4 Å². The maximum Gasteiger partial charge on any atom is 0.318 e. The molecule has 154 valence electrons. The van der Waals surface area contributed by atoms with Gasteiger partial charge in [-0.2, -0.15) is 5.10 Å². The number of amides is 2. The summed E-state index contributed by atoms with van der Waals surface area (Å²) in [5, 5.41) is 7.60. The second kappa shape index (κ2) is 10.1. The van der Waals surface area contributed by atoms with Crippen molar-refractivity contribution in [1.82, 2.24) is 20.0 Å². The molecule has 1 aromatic carbocycles. The van der Waals surface area contributed by atoms with E-state index in [9.17, 15) is 4.79 Å². The number of hydrogen-bond acceptors (Lipinski definition) is 4. The maximum absolute atomic E-state index is 12.9. The van der Waals surface area contributed by atoms with Gasteiger partial charge in [0.2, 0.25) is 0 Å². The molecule has 7 heteroatoms. The number of nitrogens with one attached hydrogen (secondary N) is 1. The van der Waals surface area contributed by atoms with Crippen LogP contribution in [0.4, 0.5) is 4.79 Å². The summed E-state index contributed by atoms with van der Waals surface area (Å²) in [4.78, 5) is 14.7. The third-order valence-corrected chi connectivity index (χ3v) is 5.10. The molecule has 2 aromatic rings. The summed E-state index contributed by atoms with van der Waals surface area (Å²) in [6, 6.07) is 7.66. The van der Waals surface area contributed by atoms with E-state index in [1.807, 2.05) is 61.5 Å². The number of rotatable bonds is 9. The Hall–Kier alpha value is -2.54. The van der Waals surface area contributed by atoms with Gasteiger partial charge in [-0.05, 0) is 45.4 Å². The van der Waals surface area contributed by atoms with Crippen LogP contribution in [-0.4, -0.2) is 48.1 Å². The van der Waals surface area contributed by atoms with Crippen LogP contribution < -0.4 is 10.1 Å². The molecule has 0 fully saturated rings. The van der Waals surface area contributed by atoms with Gasteiger partial charge < -0.3 is 19.7 Å². The Labute approximate surface area is 167 Å². The average molecular weight is 389 g/mol. The van der Waals surface area contributed by atoms with Crippen LogP contribution in [0.15, 0.2) is 24.3 Å². The Morgan fingerprint density at radius 3 is 2.71 bits per heavy atom. The van der Waals surface area contributed by atoms with Gasteiger partial charge in [-0.1, -0.05) is 12.1 Å². The van der Waals surface area contributed by atoms with Crippen LogP contribution in [-0.2, 0) is 17.8 Å². The Morgan fingerprint density at radius 1 is 1.32 bits per heavy atom. The molecule has 1 N–H and O–H groups in total. The van der Waals surface area contributed by atoms with Gasteiger partial charge in [0.15, 0.2) is 0 Å². The van der Waals surface area contributed by atoms with Crippen LogP contribution in [0.25, 0.3) is 0 Å². The first-order valence-electron chi connectivity index (χ1n) is 9.63. The average Bonchev–Trinajstić information content (AvgIpc) is 2.98. The van der Waals surface area contributed by atoms with Crippen LogP contribution in [0.2, 0.25) is 0 Å². The molecule has 0 saturated carbocycles. The molecule has 1 unspecified atom stereocenters.